The van der Waals surface area contributed by atoms with Crippen molar-refractivity contribution in [3.63, 3.8) is 0 Å². The Hall–Kier alpha value is -1.28. The van der Waals surface area contributed by atoms with E-state index in [1.165, 1.54) is 0 Å². The van der Waals surface area contributed by atoms with Crippen LogP contribution in [0.25, 0.3) is 0 Å². The minimum atomic E-state index is -2.39. The Labute approximate surface area is 167 Å². The van der Waals surface area contributed by atoms with Gasteiger partial charge in [0.15, 0.2) is 6.10 Å². The van der Waals surface area contributed by atoms with Gasteiger partial charge in [-0.1, -0.05) is 6.92 Å². The number of amides is 1. The number of aliphatic carboxylic acids is 1. The lowest BCUT2D eigenvalue weighted by molar-refractivity contribution is -0.346. The zero-order chi connectivity index (χ0) is 21.7. The Morgan fingerprint density at radius 1 is 1.39 bits per heavy atom. The molecule has 1 heterocycles. The van der Waals surface area contributed by atoms with E-state index in [-0.39, 0.29) is 19.6 Å². The van der Waals surface area contributed by atoms with Gasteiger partial charge < -0.3 is 41.0 Å². The second-order valence-corrected chi connectivity index (χ2v) is 7.12. The number of hydrogen-bond acceptors (Lipinski definition) is 9. The first-order valence-electron chi connectivity index (χ1n) is 8.79. The van der Waals surface area contributed by atoms with E-state index >= 15 is 0 Å². The van der Waals surface area contributed by atoms with Gasteiger partial charge in [-0.05, 0) is 19.4 Å². The fourth-order valence-electron chi connectivity index (χ4n) is 3.34. The minimum Gasteiger partial charge on any atom is -0.477 e. The molecule has 162 valence electrons. The first-order chi connectivity index (χ1) is 13.0. The molecule has 1 amide bonds. The van der Waals surface area contributed by atoms with Crippen LogP contribution in [0.15, 0.2) is 0 Å². The fourth-order valence-corrected chi connectivity index (χ4v) is 3.48. The molecule has 0 saturated carbocycles. The van der Waals surface area contributed by atoms with E-state index in [1.54, 1.807) is 6.92 Å². The standard InChI is InChI=1S/C16H28N2O9S/c1-3-6-26-16(14(24)25)7-9(20)11(18-8(2)19)15(27-16,4-5-17)12(22)10(21)13(23)28/h9-12,20-22H,3-7,17H2,1-2H3,(H,18,19)(H,23,28)(H,24,25)/t9-,10-,11+,12+,15+,16-/m0/s1. The van der Waals surface area contributed by atoms with E-state index < -0.39 is 59.2 Å². The summed E-state index contributed by atoms with van der Waals surface area (Å²) in [6, 6.07) is -1.39. The quantitative estimate of drug-likeness (QED) is 0.189. The molecule has 0 unspecified atom stereocenters. The molecular formula is C16H28N2O9S. The van der Waals surface area contributed by atoms with Gasteiger partial charge in [0.25, 0.3) is 5.79 Å². The van der Waals surface area contributed by atoms with Crippen molar-refractivity contribution in [2.75, 3.05) is 13.2 Å². The number of aliphatic hydroxyl groups excluding tert-OH is 3. The van der Waals surface area contributed by atoms with E-state index in [4.69, 9.17) is 15.2 Å². The Kier molecular flexibility index (Phi) is 8.81. The van der Waals surface area contributed by atoms with Gasteiger partial charge in [-0.3, -0.25) is 9.59 Å². The van der Waals surface area contributed by atoms with Gasteiger partial charge in [0.1, 0.15) is 11.7 Å². The van der Waals surface area contributed by atoms with Gasteiger partial charge in [0.05, 0.1) is 18.8 Å². The fraction of sp³-hybridized carbons (Fsp3) is 0.812. The van der Waals surface area contributed by atoms with Crippen molar-refractivity contribution in [1.82, 2.24) is 5.32 Å². The summed E-state index contributed by atoms with van der Waals surface area (Å²) >= 11 is 3.49. The topological polar surface area (TPSA) is 189 Å². The summed E-state index contributed by atoms with van der Waals surface area (Å²) in [6.45, 7) is 2.61. The van der Waals surface area contributed by atoms with Crippen LogP contribution in [-0.2, 0) is 23.9 Å². The zero-order valence-corrected chi connectivity index (χ0v) is 16.6. The monoisotopic (exact) mass is 424 g/mol. The Morgan fingerprint density at radius 2 is 2.00 bits per heavy atom. The molecule has 1 rings (SSSR count). The average Bonchev–Trinajstić information content (AvgIpc) is 2.61. The number of rotatable bonds is 10. The van der Waals surface area contributed by atoms with Crippen LogP contribution in [0.3, 0.4) is 0 Å². The summed E-state index contributed by atoms with van der Waals surface area (Å²) in [7, 11) is 0. The third-order valence-electron chi connectivity index (χ3n) is 4.56. The summed E-state index contributed by atoms with van der Waals surface area (Å²) in [5.74, 6) is -4.59. The van der Waals surface area contributed by atoms with E-state index in [1.807, 2.05) is 0 Å². The Balaban J connectivity index is 3.58. The first-order valence-corrected chi connectivity index (χ1v) is 9.23. The lowest BCUT2D eigenvalue weighted by atomic mass is 9.75. The van der Waals surface area contributed by atoms with E-state index in [2.05, 4.69) is 17.9 Å². The van der Waals surface area contributed by atoms with Gasteiger partial charge >= 0.3 is 5.97 Å². The zero-order valence-electron chi connectivity index (χ0n) is 15.7. The molecule has 6 atom stereocenters. The lowest BCUT2D eigenvalue weighted by Gasteiger charge is -2.54. The highest BCUT2D eigenvalue weighted by atomic mass is 32.1. The van der Waals surface area contributed by atoms with Crippen molar-refractivity contribution in [3.05, 3.63) is 0 Å². The third kappa shape index (κ3) is 5.00. The highest BCUT2D eigenvalue weighted by Gasteiger charge is 2.63. The van der Waals surface area contributed by atoms with Crippen molar-refractivity contribution in [2.45, 2.75) is 68.9 Å². The summed E-state index contributed by atoms with van der Waals surface area (Å²) in [6.07, 6.45) is -6.20. The third-order valence-corrected chi connectivity index (χ3v) is 4.82. The van der Waals surface area contributed by atoms with Gasteiger partial charge in [0.2, 0.25) is 11.0 Å². The number of ether oxygens (including phenoxy) is 2. The van der Waals surface area contributed by atoms with Crippen LogP contribution < -0.4 is 11.1 Å². The predicted molar refractivity (Wildman–Crippen MR) is 98.3 cm³/mol. The number of nitrogens with two attached hydrogens (primary N) is 1. The molecule has 12 heteroatoms. The van der Waals surface area contributed by atoms with Crippen LogP contribution in [0.2, 0.25) is 0 Å². The summed E-state index contributed by atoms with van der Waals surface area (Å²) < 4.78 is 11.1. The van der Waals surface area contributed by atoms with Crippen molar-refractivity contribution < 1.29 is 44.3 Å². The van der Waals surface area contributed by atoms with E-state index in [9.17, 15) is 34.8 Å². The largest absolute Gasteiger partial charge is 0.477 e. The van der Waals surface area contributed by atoms with Gasteiger partial charge in [0, 0.05) is 13.3 Å². The molecule has 0 spiro atoms. The van der Waals surface area contributed by atoms with Crippen molar-refractivity contribution in [3.8, 4) is 0 Å². The van der Waals surface area contributed by atoms with E-state index in [0.717, 1.165) is 6.92 Å². The van der Waals surface area contributed by atoms with Crippen LogP contribution in [0.4, 0.5) is 0 Å². The number of carboxylic acids is 1. The lowest BCUT2D eigenvalue weighted by Crippen LogP contribution is -2.75. The number of carbonyl (C=O) groups excluding carboxylic acids is 2. The molecule has 1 aliphatic heterocycles. The maximum Gasteiger partial charge on any atom is 0.364 e. The van der Waals surface area contributed by atoms with Gasteiger partial charge in [-0.2, -0.15) is 0 Å². The smallest absolute Gasteiger partial charge is 0.364 e. The minimum absolute atomic E-state index is 0.0489. The number of hydrogen-bond donors (Lipinski definition) is 7. The Bertz CT molecular complexity index is 592. The highest BCUT2D eigenvalue weighted by molar-refractivity contribution is 7.96. The summed E-state index contributed by atoms with van der Waals surface area (Å²) in [5, 5.41) is 42.5. The highest BCUT2D eigenvalue weighted by Crippen LogP contribution is 2.42. The molecule has 0 bridgehead atoms. The molecule has 1 saturated heterocycles. The molecular weight excluding hydrogens is 396 g/mol. The van der Waals surface area contributed by atoms with E-state index in [0.29, 0.717) is 6.42 Å². The molecule has 28 heavy (non-hydrogen) atoms. The molecule has 0 aromatic carbocycles. The van der Waals surface area contributed by atoms with Crippen LogP contribution in [0.5, 0.6) is 0 Å². The number of carboxylic acid groups (broad SMARTS) is 1. The molecule has 7 N–H and O–H groups in total. The molecule has 0 aromatic rings. The second kappa shape index (κ2) is 9.96. The molecule has 1 fully saturated rings. The van der Waals surface area contributed by atoms with Crippen LogP contribution >= 0.6 is 12.6 Å². The molecule has 0 radical (unpaired) electrons. The van der Waals surface area contributed by atoms with Crippen LogP contribution in [0.1, 0.15) is 33.1 Å². The second-order valence-electron chi connectivity index (χ2n) is 6.68. The van der Waals surface area contributed by atoms with Crippen LogP contribution in [0, 0.1) is 0 Å². The number of carbonyl (C=O) groups is 3. The normalized spacial score (nSPS) is 32.4. The number of nitrogens with one attached hydrogen (secondary N) is 1. The van der Waals surface area contributed by atoms with Crippen LogP contribution in [-0.4, -0.2) is 86.3 Å². The van der Waals surface area contributed by atoms with Crippen molar-refractivity contribution in [2.24, 2.45) is 5.73 Å². The van der Waals surface area contributed by atoms with Gasteiger partial charge in [-0.25, -0.2) is 4.79 Å². The van der Waals surface area contributed by atoms with Gasteiger partial charge in [-0.15, -0.1) is 12.6 Å². The first kappa shape index (κ1) is 24.8. The SMILES string of the molecule is CCCO[C@@]1(C(=O)O)C[C@H](O)[C@@H](NC(C)=O)[C@](CCN)([C@H](O)[C@H](O)C(=O)S)O1. The van der Waals surface area contributed by atoms with Crippen molar-refractivity contribution >= 4 is 29.6 Å². The maximum atomic E-state index is 12.0. The van der Waals surface area contributed by atoms with Crippen molar-refractivity contribution in [1.29, 1.82) is 0 Å². The molecule has 0 aromatic heterocycles. The molecule has 11 nitrogen and oxygen atoms in total. The Morgan fingerprint density at radius 3 is 2.43 bits per heavy atom. The summed E-state index contributed by atoms with van der Waals surface area (Å²) in [4.78, 5) is 35.2. The molecule has 1 aliphatic rings. The number of thiol groups is 1. The maximum absolute atomic E-state index is 12.0. The predicted octanol–water partition coefficient (Wildman–Crippen LogP) is -2.25. The average molecular weight is 424 g/mol. The molecule has 0 aliphatic carbocycles. The number of aliphatic hydroxyl groups is 3. The summed E-state index contributed by atoms with van der Waals surface area (Å²) in [5.41, 5.74) is 3.45.